The van der Waals surface area contributed by atoms with Gasteiger partial charge in [0.15, 0.2) is 6.10 Å². The third-order valence-electron chi connectivity index (χ3n) is 9.33. The molecule has 344 valence electrons. The van der Waals surface area contributed by atoms with Crippen LogP contribution in [0, 0.1) is 5.92 Å². The molecule has 0 rings (SSSR count). The average molecular weight is 881 g/mol. The first-order valence-electron chi connectivity index (χ1n) is 21.8. The van der Waals surface area contributed by atoms with E-state index in [-0.39, 0.29) is 12.8 Å². The van der Waals surface area contributed by atoms with Crippen molar-refractivity contribution in [2.45, 2.75) is 180 Å². The van der Waals surface area contributed by atoms with Crippen LogP contribution in [0.4, 0.5) is 0 Å². The Balaban J connectivity index is 4.69. The number of carbonyl (C=O) groups excluding carboxylic acids is 2. The van der Waals surface area contributed by atoms with Crippen LogP contribution in [0.3, 0.4) is 0 Å². The van der Waals surface area contributed by atoms with Gasteiger partial charge in [-0.2, -0.15) is 0 Å². The molecule has 0 aliphatic heterocycles. The van der Waals surface area contributed by atoms with Crippen LogP contribution in [0.5, 0.6) is 0 Å². The molecule has 0 saturated heterocycles. The molecular weight excluding hydrogens is 802 g/mol. The normalized spacial score (nSPS) is 15.6. The van der Waals surface area contributed by atoms with Crippen molar-refractivity contribution < 1.29 is 66.7 Å². The zero-order valence-electron chi connectivity index (χ0n) is 36.1. The Morgan fingerprint density at radius 3 is 1.88 bits per heavy atom. The monoisotopic (exact) mass is 880 g/mol. The highest BCUT2D eigenvalue weighted by molar-refractivity contribution is 7.47. The van der Waals surface area contributed by atoms with Gasteiger partial charge in [-0.05, 0) is 50.9 Å². The summed E-state index contributed by atoms with van der Waals surface area (Å²) in [4.78, 5) is 52.7. The van der Waals surface area contributed by atoms with Crippen LogP contribution >= 0.6 is 15.6 Å². The minimum absolute atomic E-state index is 0.0213. The fourth-order valence-corrected chi connectivity index (χ4v) is 6.73. The van der Waals surface area contributed by atoms with Crippen molar-refractivity contribution in [1.82, 2.24) is 0 Å². The molecule has 0 spiro atoms. The Morgan fingerprint density at radius 2 is 1.22 bits per heavy atom. The number of carbonyl (C=O) groups is 2. The second-order valence-corrected chi connectivity index (χ2v) is 17.8. The number of phosphoric acid groups is 2. The SMILES string of the molecule is CCCCC/C=C\C=C/[C@H](O)C/C=C\C/C=C/CCCC(=O)O[C@H](COC(=O)CCCCCCCCCCCCC(C)CC)COP(=O)(O)OC[C@@H](O)COP(=O)(O)O. The lowest BCUT2D eigenvalue weighted by atomic mass is 9.99. The van der Waals surface area contributed by atoms with Crippen LogP contribution in [-0.4, -0.2) is 81.6 Å². The molecule has 5 atom stereocenters. The quantitative estimate of drug-likeness (QED) is 0.0127. The predicted molar refractivity (Wildman–Crippen MR) is 231 cm³/mol. The molecule has 0 aromatic rings. The number of rotatable bonds is 40. The summed E-state index contributed by atoms with van der Waals surface area (Å²) in [6.45, 7) is 3.90. The molecule has 14 nitrogen and oxygen atoms in total. The van der Waals surface area contributed by atoms with Gasteiger partial charge in [-0.1, -0.05) is 153 Å². The average Bonchev–Trinajstić information content (AvgIpc) is 3.19. The third kappa shape index (κ3) is 41.2. The van der Waals surface area contributed by atoms with Crippen LogP contribution in [0.15, 0.2) is 48.6 Å². The Kier molecular flexibility index (Phi) is 36.5. The Hall–Kier alpha value is -1.96. The zero-order valence-corrected chi connectivity index (χ0v) is 37.9. The second kappa shape index (κ2) is 37.8. The highest BCUT2D eigenvalue weighted by Crippen LogP contribution is 2.43. The zero-order chi connectivity index (χ0) is 44.0. The van der Waals surface area contributed by atoms with Gasteiger partial charge in [0.05, 0.1) is 25.9 Å². The predicted octanol–water partition coefficient (Wildman–Crippen LogP) is 9.89. The minimum atomic E-state index is -4.88. The first kappa shape index (κ1) is 57.0. The van der Waals surface area contributed by atoms with E-state index in [4.69, 9.17) is 23.8 Å². The van der Waals surface area contributed by atoms with Crippen molar-refractivity contribution >= 4 is 27.6 Å². The van der Waals surface area contributed by atoms with Gasteiger partial charge < -0.3 is 34.4 Å². The lowest BCUT2D eigenvalue weighted by Crippen LogP contribution is -2.29. The van der Waals surface area contributed by atoms with E-state index in [1.54, 1.807) is 6.08 Å². The molecule has 5 N–H and O–H groups in total. The summed E-state index contributed by atoms with van der Waals surface area (Å²) >= 11 is 0. The lowest BCUT2D eigenvalue weighted by molar-refractivity contribution is -0.161. The molecule has 0 radical (unpaired) electrons. The lowest BCUT2D eigenvalue weighted by Gasteiger charge is -2.20. The molecule has 0 aromatic heterocycles. The molecule has 59 heavy (non-hydrogen) atoms. The minimum Gasteiger partial charge on any atom is -0.462 e. The van der Waals surface area contributed by atoms with Crippen LogP contribution in [0.25, 0.3) is 0 Å². The van der Waals surface area contributed by atoms with Gasteiger partial charge in [0.25, 0.3) is 0 Å². The largest absolute Gasteiger partial charge is 0.472 e. The van der Waals surface area contributed by atoms with Crippen LogP contribution < -0.4 is 0 Å². The Bertz CT molecular complexity index is 1260. The number of esters is 2. The van der Waals surface area contributed by atoms with Crippen LogP contribution in [0.2, 0.25) is 0 Å². The number of phosphoric ester groups is 2. The molecule has 0 bridgehead atoms. The topological polar surface area (TPSA) is 216 Å². The fraction of sp³-hybridized carbons (Fsp3) is 0.767. The number of ether oxygens (including phenoxy) is 2. The third-order valence-corrected chi connectivity index (χ3v) is 10.8. The van der Waals surface area contributed by atoms with Gasteiger partial charge >= 0.3 is 27.6 Å². The summed E-state index contributed by atoms with van der Waals surface area (Å²) in [5, 5.41) is 19.8. The molecule has 0 saturated carbocycles. The Morgan fingerprint density at radius 1 is 0.627 bits per heavy atom. The number of hydrogen-bond donors (Lipinski definition) is 5. The molecule has 0 amide bonds. The maximum absolute atomic E-state index is 12.6. The van der Waals surface area contributed by atoms with E-state index in [9.17, 15) is 33.8 Å². The van der Waals surface area contributed by atoms with Gasteiger partial charge in [-0.25, -0.2) is 9.13 Å². The highest BCUT2D eigenvalue weighted by Gasteiger charge is 2.28. The molecule has 0 fully saturated rings. The van der Waals surface area contributed by atoms with Gasteiger partial charge in [0.1, 0.15) is 12.7 Å². The number of aliphatic hydroxyl groups is 2. The number of hydrogen-bond acceptors (Lipinski definition) is 11. The second-order valence-electron chi connectivity index (χ2n) is 15.1. The van der Waals surface area contributed by atoms with E-state index in [1.807, 2.05) is 36.5 Å². The van der Waals surface area contributed by atoms with Crippen molar-refractivity contribution in [1.29, 1.82) is 0 Å². The highest BCUT2D eigenvalue weighted by atomic mass is 31.2. The summed E-state index contributed by atoms with van der Waals surface area (Å²) < 4.78 is 47.7. The van der Waals surface area contributed by atoms with Crippen LogP contribution in [0.1, 0.15) is 162 Å². The summed E-state index contributed by atoms with van der Waals surface area (Å²) in [7, 11) is -9.71. The summed E-state index contributed by atoms with van der Waals surface area (Å²) in [5.41, 5.74) is 0. The molecule has 0 aromatic carbocycles. The van der Waals surface area contributed by atoms with E-state index in [2.05, 4.69) is 35.9 Å². The molecule has 0 aliphatic carbocycles. The first-order valence-corrected chi connectivity index (χ1v) is 24.9. The van der Waals surface area contributed by atoms with E-state index in [0.717, 1.165) is 31.6 Å². The molecule has 16 heteroatoms. The Labute approximate surface area is 354 Å². The van der Waals surface area contributed by atoms with Gasteiger partial charge in [0, 0.05) is 12.8 Å². The maximum atomic E-state index is 12.6. The molecule has 2 unspecified atom stereocenters. The van der Waals surface area contributed by atoms with Crippen LogP contribution in [-0.2, 0) is 41.8 Å². The summed E-state index contributed by atoms with van der Waals surface area (Å²) in [5.74, 6) is -0.321. The van der Waals surface area contributed by atoms with Gasteiger partial charge in [-0.15, -0.1) is 0 Å². The van der Waals surface area contributed by atoms with Crippen molar-refractivity contribution in [3.63, 3.8) is 0 Å². The van der Waals surface area contributed by atoms with E-state index < -0.39 is 72.3 Å². The summed E-state index contributed by atoms with van der Waals surface area (Å²) in [6, 6.07) is 0. The molecule has 0 heterocycles. The van der Waals surface area contributed by atoms with E-state index in [0.29, 0.717) is 32.1 Å². The molecule has 0 aliphatic rings. The van der Waals surface area contributed by atoms with E-state index >= 15 is 0 Å². The summed E-state index contributed by atoms with van der Waals surface area (Å²) in [6.07, 6.45) is 32.8. The van der Waals surface area contributed by atoms with Crippen molar-refractivity contribution in [3.05, 3.63) is 48.6 Å². The standard InChI is InChI=1S/C43H78O14P2/c1-4-6-7-8-14-20-25-30-39(44)31-26-21-16-13-18-23-28-33-43(47)57-41(37-56-59(51,52)55-35-40(45)34-54-58(48,49)50)36-53-42(46)32-27-22-17-12-10-9-11-15-19-24-29-38(3)5-2/h13-14,18,20-21,25-26,30,38-41,44-45H,4-12,15-17,19,22-24,27-29,31-37H2,1-3H3,(H,51,52)(H2,48,49,50)/b18-13+,20-14-,26-21-,30-25-/t38?,39-,40-,41+/m0/s1. The smallest absolute Gasteiger partial charge is 0.462 e. The van der Waals surface area contributed by atoms with Crippen molar-refractivity contribution in [2.75, 3.05) is 26.4 Å². The first-order chi connectivity index (χ1) is 28.2. The number of allylic oxidation sites excluding steroid dienone is 6. The molecular formula is C43H78O14P2. The van der Waals surface area contributed by atoms with Crippen molar-refractivity contribution in [3.8, 4) is 0 Å². The van der Waals surface area contributed by atoms with E-state index in [1.165, 1.54) is 70.6 Å². The van der Waals surface area contributed by atoms with Gasteiger partial charge in [-0.3, -0.25) is 23.2 Å². The van der Waals surface area contributed by atoms with Crippen molar-refractivity contribution in [2.24, 2.45) is 5.92 Å². The number of unbranched alkanes of at least 4 members (excludes halogenated alkanes) is 13. The number of aliphatic hydroxyl groups excluding tert-OH is 2. The van der Waals surface area contributed by atoms with Gasteiger partial charge in [0.2, 0.25) is 0 Å². The fourth-order valence-electron chi connectivity index (χ4n) is 5.57. The maximum Gasteiger partial charge on any atom is 0.472 e.